The van der Waals surface area contributed by atoms with Gasteiger partial charge in [0.2, 0.25) is 0 Å². The van der Waals surface area contributed by atoms with Crippen molar-refractivity contribution < 1.29 is 5.11 Å². The molecule has 4 rings (SSSR count). The fraction of sp³-hybridized carbons (Fsp3) is 0.938. The van der Waals surface area contributed by atoms with Crippen LogP contribution in [0.3, 0.4) is 0 Å². The van der Waals surface area contributed by atoms with Crippen molar-refractivity contribution in [3.05, 3.63) is 0 Å². The summed E-state index contributed by atoms with van der Waals surface area (Å²) in [4.78, 5) is 12.3. The Kier molecular flexibility index (Phi) is 4.10. The van der Waals surface area contributed by atoms with Crippen LogP contribution in [0.5, 0.6) is 0 Å². The van der Waals surface area contributed by atoms with Gasteiger partial charge >= 0.3 is 0 Å². The van der Waals surface area contributed by atoms with Crippen LogP contribution in [-0.2, 0) is 0 Å². The average molecular weight is 309 g/mol. The summed E-state index contributed by atoms with van der Waals surface area (Å²) in [5.74, 6) is 0.402. The molecular weight excluding hydrogens is 278 g/mol. The van der Waals surface area contributed by atoms with Gasteiger partial charge in [0.1, 0.15) is 6.17 Å². The minimum Gasteiger partial charge on any atom is -0.387 e. The summed E-state index contributed by atoms with van der Waals surface area (Å²) >= 11 is 0. The third-order valence-electron chi connectivity index (χ3n) is 5.06. The zero-order valence-electron chi connectivity index (χ0n) is 14.6. The summed E-state index contributed by atoms with van der Waals surface area (Å²) in [5, 5.41) is 14.3. The summed E-state index contributed by atoms with van der Waals surface area (Å²) in [6.07, 6.45) is -0.269. The molecule has 0 aliphatic carbocycles. The molecule has 2 N–H and O–H groups in total. The maximum absolute atomic E-state index is 10.6. The lowest BCUT2D eigenvalue weighted by Gasteiger charge is -2.61. The predicted octanol–water partition coefficient (Wildman–Crippen LogP) is 0.348. The van der Waals surface area contributed by atoms with E-state index in [4.69, 9.17) is 4.99 Å². The summed E-state index contributed by atoms with van der Waals surface area (Å²) in [6, 6.07) is 0. The Morgan fingerprint density at radius 2 is 1.55 bits per heavy atom. The van der Waals surface area contributed by atoms with E-state index in [1.165, 1.54) is 0 Å². The van der Waals surface area contributed by atoms with Crippen LogP contribution in [0.1, 0.15) is 34.6 Å². The molecule has 0 aromatic heterocycles. The molecule has 6 heteroatoms. The van der Waals surface area contributed by atoms with Crippen LogP contribution >= 0.6 is 0 Å². The van der Waals surface area contributed by atoms with Gasteiger partial charge in [0, 0.05) is 25.3 Å². The van der Waals surface area contributed by atoms with Crippen molar-refractivity contribution in [1.82, 2.24) is 20.0 Å². The van der Waals surface area contributed by atoms with E-state index in [1.54, 1.807) is 0 Å². The maximum Gasteiger partial charge on any atom is 0.128 e. The van der Waals surface area contributed by atoms with Gasteiger partial charge in [-0.05, 0) is 26.7 Å². The number of nitrogens with one attached hydrogen (secondary N) is 1. The zero-order chi connectivity index (χ0) is 16.1. The first-order valence-electron chi connectivity index (χ1n) is 8.38. The molecule has 0 aromatic carbocycles. The monoisotopic (exact) mass is 309 g/mol. The Hall–Kier alpha value is -0.530. The molecule has 4 fully saturated rings. The highest BCUT2D eigenvalue weighted by Gasteiger charge is 2.50. The molecule has 4 heterocycles. The number of aliphatic hydroxyl groups is 1. The number of aliphatic imine (C=N–C) groups is 1. The molecule has 22 heavy (non-hydrogen) atoms. The molecule has 0 saturated carbocycles. The number of hydrogen-bond donors (Lipinski definition) is 2. The second kappa shape index (κ2) is 5.53. The maximum atomic E-state index is 10.6. The molecule has 0 aromatic rings. The smallest absolute Gasteiger partial charge is 0.128 e. The summed E-state index contributed by atoms with van der Waals surface area (Å²) < 4.78 is 0. The second-order valence-electron chi connectivity index (χ2n) is 8.32. The quantitative estimate of drug-likeness (QED) is 0.718. The number of hydrogen-bond acceptors (Lipinski definition) is 6. The second-order valence-corrected chi connectivity index (χ2v) is 8.32. The van der Waals surface area contributed by atoms with Crippen LogP contribution in [0, 0.1) is 5.92 Å². The molecule has 4 saturated heterocycles. The standard InChI is InChI=1S/C16H31N5O/c1-12(2)13(3)17-14(15(4,5)22)18-16-6-19-9-20(7-16)11-21(8-16)10-19/h12,14,18,22H,6-11H2,1-5H3. The van der Waals surface area contributed by atoms with Crippen molar-refractivity contribution in [3.63, 3.8) is 0 Å². The summed E-state index contributed by atoms with van der Waals surface area (Å²) in [5.41, 5.74) is 0.227. The van der Waals surface area contributed by atoms with E-state index < -0.39 is 5.60 Å². The highest BCUT2D eigenvalue weighted by molar-refractivity contribution is 5.83. The first-order valence-corrected chi connectivity index (χ1v) is 8.38. The van der Waals surface area contributed by atoms with Gasteiger partial charge in [-0.2, -0.15) is 0 Å². The SMILES string of the molecule is CC(=NC(NC12CN3CN(CN(C3)C1)C2)C(C)(C)O)C(C)C. The molecule has 4 aliphatic rings. The Balaban J connectivity index is 1.80. The van der Waals surface area contributed by atoms with Crippen LogP contribution in [0.25, 0.3) is 0 Å². The van der Waals surface area contributed by atoms with Crippen molar-refractivity contribution in [3.8, 4) is 0 Å². The zero-order valence-corrected chi connectivity index (χ0v) is 14.6. The first-order chi connectivity index (χ1) is 10.2. The van der Waals surface area contributed by atoms with Crippen molar-refractivity contribution >= 4 is 5.71 Å². The van der Waals surface area contributed by atoms with Gasteiger partial charge in [-0.1, -0.05) is 13.8 Å². The van der Waals surface area contributed by atoms with E-state index in [0.29, 0.717) is 5.92 Å². The molecule has 1 unspecified atom stereocenters. The minimum atomic E-state index is -0.876. The summed E-state index contributed by atoms with van der Waals surface area (Å²) in [7, 11) is 0. The van der Waals surface area contributed by atoms with Crippen LogP contribution in [0.4, 0.5) is 0 Å². The highest BCUT2D eigenvalue weighted by atomic mass is 16.3. The molecule has 0 amide bonds. The van der Waals surface area contributed by atoms with Crippen LogP contribution in [0.2, 0.25) is 0 Å². The first kappa shape index (κ1) is 16.3. The minimum absolute atomic E-state index is 0.0141. The lowest BCUT2D eigenvalue weighted by atomic mass is 9.89. The van der Waals surface area contributed by atoms with Gasteiger partial charge in [-0.15, -0.1) is 0 Å². The molecule has 6 nitrogen and oxygen atoms in total. The van der Waals surface area contributed by atoms with Crippen molar-refractivity contribution in [2.45, 2.75) is 51.9 Å². The lowest BCUT2D eigenvalue weighted by molar-refractivity contribution is -0.156. The van der Waals surface area contributed by atoms with E-state index in [2.05, 4.69) is 40.8 Å². The van der Waals surface area contributed by atoms with Crippen molar-refractivity contribution in [2.75, 3.05) is 39.6 Å². The molecule has 0 spiro atoms. The fourth-order valence-corrected chi connectivity index (χ4v) is 3.86. The van der Waals surface area contributed by atoms with Gasteiger partial charge in [0.05, 0.1) is 31.1 Å². The molecule has 0 radical (unpaired) electrons. The Morgan fingerprint density at radius 3 is 1.91 bits per heavy atom. The Bertz CT molecular complexity index is 419. The van der Waals surface area contributed by atoms with Gasteiger partial charge < -0.3 is 5.11 Å². The van der Waals surface area contributed by atoms with Gasteiger partial charge in [0.15, 0.2) is 0 Å². The summed E-state index contributed by atoms with van der Waals surface area (Å²) in [6.45, 7) is 16.4. The van der Waals surface area contributed by atoms with Gasteiger partial charge in [-0.25, -0.2) is 0 Å². The van der Waals surface area contributed by atoms with Crippen LogP contribution < -0.4 is 5.32 Å². The van der Waals surface area contributed by atoms with E-state index in [-0.39, 0.29) is 11.7 Å². The molecule has 4 bridgehead atoms. The van der Waals surface area contributed by atoms with Gasteiger partial charge in [-0.3, -0.25) is 25.0 Å². The predicted molar refractivity (Wildman–Crippen MR) is 88.6 cm³/mol. The highest BCUT2D eigenvalue weighted by Crippen LogP contribution is 2.30. The molecule has 4 aliphatic heterocycles. The van der Waals surface area contributed by atoms with E-state index >= 15 is 0 Å². The van der Waals surface area contributed by atoms with Crippen LogP contribution in [0.15, 0.2) is 4.99 Å². The third-order valence-corrected chi connectivity index (χ3v) is 5.06. The Morgan fingerprint density at radius 1 is 1.09 bits per heavy atom. The van der Waals surface area contributed by atoms with Gasteiger partial charge in [0.25, 0.3) is 0 Å². The molecule has 126 valence electrons. The largest absolute Gasteiger partial charge is 0.387 e. The average Bonchev–Trinajstić information content (AvgIpc) is 2.34. The fourth-order valence-electron chi connectivity index (χ4n) is 3.86. The van der Waals surface area contributed by atoms with E-state index in [0.717, 1.165) is 45.4 Å². The normalized spacial score (nSPS) is 39.6. The molecule has 1 atom stereocenters. The number of nitrogens with zero attached hydrogens (tertiary/aromatic N) is 4. The van der Waals surface area contributed by atoms with E-state index in [9.17, 15) is 5.11 Å². The van der Waals surface area contributed by atoms with Crippen LogP contribution in [-0.4, -0.2) is 82.5 Å². The lowest BCUT2D eigenvalue weighted by Crippen LogP contribution is -2.81. The van der Waals surface area contributed by atoms with E-state index in [1.807, 2.05) is 13.8 Å². The topological polar surface area (TPSA) is 54.3 Å². The van der Waals surface area contributed by atoms with Crippen molar-refractivity contribution in [1.29, 1.82) is 0 Å². The number of rotatable bonds is 5. The third kappa shape index (κ3) is 3.21. The Labute approximate surface area is 134 Å². The van der Waals surface area contributed by atoms with Crippen molar-refractivity contribution in [2.24, 2.45) is 10.9 Å². The molecular formula is C16H31N5O.